The van der Waals surface area contributed by atoms with Gasteiger partial charge in [-0.05, 0) is 20.1 Å². The highest BCUT2D eigenvalue weighted by atomic mass is 32.2. The van der Waals surface area contributed by atoms with Crippen LogP contribution < -0.4 is 0 Å². The molecular weight excluding hydrogens is 164 g/mol. The van der Waals surface area contributed by atoms with E-state index in [-0.39, 0.29) is 0 Å². The van der Waals surface area contributed by atoms with Crippen molar-refractivity contribution in [1.82, 2.24) is 0 Å². The fraction of sp³-hybridized carbons (Fsp3) is 0.455. The van der Waals surface area contributed by atoms with Crippen molar-refractivity contribution in [2.24, 2.45) is 5.92 Å². The largest absolute Gasteiger partial charge is 0.157 e. The highest BCUT2D eigenvalue weighted by Gasteiger charge is 2.10. The first kappa shape index (κ1) is 11.6. The summed E-state index contributed by atoms with van der Waals surface area (Å²) < 4.78 is 0. The minimum Gasteiger partial charge on any atom is -0.157 e. The van der Waals surface area contributed by atoms with E-state index in [9.17, 15) is 0 Å². The predicted octanol–water partition coefficient (Wildman–Crippen LogP) is 3.67. The maximum Gasteiger partial charge on any atom is 0.0319 e. The summed E-state index contributed by atoms with van der Waals surface area (Å²) >= 11 is 1.84. The molecule has 1 atom stereocenters. The Kier molecular flexibility index (Phi) is 6.97. The molecule has 68 valence electrons. The Hall–Kier alpha value is -0.430. The van der Waals surface area contributed by atoms with Gasteiger partial charge in [0, 0.05) is 11.2 Å². The second-order valence-corrected chi connectivity index (χ2v) is 3.58. The quantitative estimate of drug-likeness (QED) is 0.585. The van der Waals surface area contributed by atoms with Crippen LogP contribution in [0.15, 0.2) is 37.0 Å². The van der Waals surface area contributed by atoms with Crippen molar-refractivity contribution >= 4 is 11.8 Å². The Labute approximate surface area is 80.4 Å². The zero-order chi connectivity index (χ0) is 9.40. The van der Waals surface area contributed by atoms with E-state index in [1.54, 1.807) is 0 Å². The average Bonchev–Trinajstić information content (AvgIpc) is 2.07. The zero-order valence-electron chi connectivity index (χ0n) is 8.16. The van der Waals surface area contributed by atoms with Crippen molar-refractivity contribution < 1.29 is 0 Å². The van der Waals surface area contributed by atoms with Crippen LogP contribution in [0.4, 0.5) is 0 Å². The van der Waals surface area contributed by atoms with Gasteiger partial charge in [-0.3, -0.25) is 0 Å². The minimum atomic E-state index is 0.493. The summed E-state index contributed by atoms with van der Waals surface area (Å²) in [7, 11) is 0. The molecule has 12 heavy (non-hydrogen) atoms. The summed E-state index contributed by atoms with van der Waals surface area (Å²) in [6.45, 7) is 7.93. The molecular formula is C11H18S. The highest BCUT2D eigenvalue weighted by Crippen LogP contribution is 2.20. The summed E-state index contributed by atoms with van der Waals surface area (Å²) in [5.74, 6) is 0.493. The van der Waals surface area contributed by atoms with E-state index in [2.05, 4.69) is 51.0 Å². The van der Waals surface area contributed by atoms with Gasteiger partial charge in [-0.15, -0.1) is 6.58 Å². The van der Waals surface area contributed by atoms with Crippen molar-refractivity contribution in [3.63, 3.8) is 0 Å². The van der Waals surface area contributed by atoms with Crippen LogP contribution in [0.2, 0.25) is 0 Å². The van der Waals surface area contributed by atoms with Gasteiger partial charge >= 0.3 is 0 Å². The topological polar surface area (TPSA) is 0 Å². The smallest absolute Gasteiger partial charge is 0.0319 e. The highest BCUT2D eigenvalue weighted by molar-refractivity contribution is 7.99. The molecule has 0 amide bonds. The van der Waals surface area contributed by atoms with Gasteiger partial charge in [0.25, 0.3) is 0 Å². The lowest BCUT2D eigenvalue weighted by molar-refractivity contribution is 0.849. The summed E-state index contributed by atoms with van der Waals surface area (Å²) in [4.78, 5) is 0. The van der Waals surface area contributed by atoms with Crippen molar-refractivity contribution in [3.05, 3.63) is 37.0 Å². The Bertz CT molecular complexity index is 156. The van der Waals surface area contributed by atoms with Crippen LogP contribution in [0, 0.1) is 5.92 Å². The predicted molar refractivity (Wildman–Crippen MR) is 60.6 cm³/mol. The Morgan fingerprint density at radius 3 is 1.92 bits per heavy atom. The molecule has 0 nitrogen and oxygen atoms in total. The number of rotatable bonds is 5. The van der Waals surface area contributed by atoms with Crippen LogP contribution in [-0.2, 0) is 0 Å². The second-order valence-electron chi connectivity index (χ2n) is 2.56. The number of allylic oxidation sites excluding steroid dienone is 4. The molecule has 0 radical (unpaired) electrons. The molecule has 0 saturated carbocycles. The SMILES string of the molecule is C=CC(SC)C(/C=C\C)/C=C\C. The summed E-state index contributed by atoms with van der Waals surface area (Å²) in [6.07, 6.45) is 12.7. The van der Waals surface area contributed by atoms with E-state index < -0.39 is 0 Å². The Morgan fingerprint density at radius 1 is 1.17 bits per heavy atom. The lowest BCUT2D eigenvalue weighted by Gasteiger charge is -2.15. The van der Waals surface area contributed by atoms with Gasteiger partial charge in [0.2, 0.25) is 0 Å². The number of hydrogen-bond acceptors (Lipinski definition) is 1. The van der Waals surface area contributed by atoms with Crippen molar-refractivity contribution in [2.45, 2.75) is 19.1 Å². The van der Waals surface area contributed by atoms with Crippen LogP contribution in [0.25, 0.3) is 0 Å². The lowest BCUT2D eigenvalue weighted by Crippen LogP contribution is -2.09. The van der Waals surface area contributed by atoms with Gasteiger partial charge in [-0.2, -0.15) is 11.8 Å². The monoisotopic (exact) mass is 182 g/mol. The molecule has 0 N–H and O–H groups in total. The first-order valence-electron chi connectivity index (χ1n) is 4.21. The molecule has 0 aromatic heterocycles. The molecule has 1 heteroatoms. The van der Waals surface area contributed by atoms with Gasteiger partial charge in [0.05, 0.1) is 0 Å². The van der Waals surface area contributed by atoms with Crippen LogP contribution >= 0.6 is 11.8 Å². The molecule has 0 saturated heterocycles. The van der Waals surface area contributed by atoms with Gasteiger partial charge in [-0.25, -0.2) is 0 Å². The Morgan fingerprint density at radius 2 is 1.67 bits per heavy atom. The number of hydrogen-bond donors (Lipinski definition) is 0. The lowest BCUT2D eigenvalue weighted by atomic mass is 10.0. The zero-order valence-corrected chi connectivity index (χ0v) is 8.97. The molecule has 0 spiro atoms. The molecule has 0 aliphatic rings. The summed E-state index contributed by atoms with van der Waals surface area (Å²) in [5.41, 5.74) is 0. The van der Waals surface area contributed by atoms with E-state index in [1.807, 2.05) is 17.8 Å². The van der Waals surface area contributed by atoms with Crippen LogP contribution in [0.5, 0.6) is 0 Å². The van der Waals surface area contributed by atoms with Gasteiger partial charge in [0.15, 0.2) is 0 Å². The van der Waals surface area contributed by atoms with Crippen molar-refractivity contribution in [3.8, 4) is 0 Å². The van der Waals surface area contributed by atoms with E-state index in [1.165, 1.54) is 0 Å². The third kappa shape index (κ3) is 3.82. The van der Waals surface area contributed by atoms with Gasteiger partial charge in [-0.1, -0.05) is 30.4 Å². The molecule has 0 bridgehead atoms. The third-order valence-electron chi connectivity index (χ3n) is 1.71. The molecule has 0 heterocycles. The fourth-order valence-corrected chi connectivity index (χ4v) is 1.83. The molecule has 1 unspecified atom stereocenters. The standard InChI is InChI=1S/C11H18S/c1-5-8-10(9-6-2)11(7-3)12-4/h5-11H,3H2,1-2,4H3/b8-5-,9-6-. The molecule has 0 rings (SSSR count). The molecule has 0 aliphatic heterocycles. The van der Waals surface area contributed by atoms with E-state index in [0.29, 0.717) is 11.2 Å². The normalized spacial score (nSPS) is 14.7. The van der Waals surface area contributed by atoms with Crippen molar-refractivity contribution in [1.29, 1.82) is 0 Å². The van der Waals surface area contributed by atoms with Gasteiger partial charge < -0.3 is 0 Å². The van der Waals surface area contributed by atoms with E-state index in [0.717, 1.165) is 0 Å². The maximum atomic E-state index is 3.83. The second kappa shape index (κ2) is 7.23. The van der Waals surface area contributed by atoms with Crippen LogP contribution in [0.1, 0.15) is 13.8 Å². The molecule has 0 aromatic rings. The average molecular weight is 182 g/mol. The third-order valence-corrected chi connectivity index (χ3v) is 2.76. The fourth-order valence-electron chi connectivity index (χ4n) is 1.14. The summed E-state index contributed by atoms with van der Waals surface area (Å²) in [6, 6.07) is 0. The Balaban J connectivity index is 4.34. The summed E-state index contributed by atoms with van der Waals surface area (Å²) in [5, 5.41) is 0.498. The molecule has 0 aliphatic carbocycles. The minimum absolute atomic E-state index is 0.493. The van der Waals surface area contributed by atoms with Crippen molar-refractivity contribution in [2.75, 3.05) is 6.26 Å². The van der Waals surface area contributed by atoms with E-state index >= 15 is 0 Å². The first-order valence-corrected chi connectivity index (χ1v) is 5.49. The van der Waals surface area contributed by atoms with E-state index in [4.69, 9.17) is 0 Å². The maximum absolute atomic E-state index is 3.83. The van der Waals surface area contributed by atoms with Gasteiger partial charge in [0.1, 0.15) is 0 Å². The first-order chi connectivity index (χ1) is 5.79. The van der Waals surface area contributed by atoms with Crippen LogP contribution in [0.3, 0.4) is 0 Å². The molecule has 0 fully saturated rings. The molecule has 0 aromatic carbocycles. The van der Waals surface area contributed by atoms with Crippen LogP contribution in [-0.4, -0.2) is 11.5 Å². The number of thioether (sulfide) groups is 1.